The molecule has 0 aliphatic rings. The summed E-state index contributed by atoms with van der Waals surface area (Å²) in [7, 11) is 0. The predicted molar refractivity (Wildman–Crippen MR) is 106 cm³/mol. The zero-order valence-electron chi connectivity index (χ0n) is 16.9. The molecule has 3 heteroatoms. The van der Waals surface area contributed by atoms with Crippen LogP contribution in [0, 0.1) is 5.92 Å². The molecule has 0 amide bonds. The van der Waals surface area contributed by atoms with Crippen molar-refractivity contribution >= 4 is 11.8 Å². The van der Waals surface area contributed by atoms with Crippen molar-refractivity contribution in [3.05, 3.63) is 0 Å². The molecular weight excluding hydrogens is 312 g/mol. The molecule has 0 aromatic carbocycles. The number of carboxylic acid groups (broad SMARTS) is 1. The highest BCUT2D eigenvalue weighted by molar-refractivity contribution is 5.83. The van der Waals surface area contributed by atoms with Crippen LogP contribution in [0.3, 0.4) is 0 Å². The lowest BCUT2D eigenvalue weighted by molar-refractivity contribution is -0.144. The van der Waals surface area contributed by atoms with E-state index in [9.17, 15) is 9.59 Å². The van der Waals surface area contributed by atoms with Gasteiger partial charge in [0.1, 0.15) is 5.78 Å². The number of hydrogen-bond acceptors (Lipinski definition) is 2. The van der Waals surface area contributed by atoms with Gasteiger partial charge in [-0.3, -0.25) is 9.59 Å². The average molecular weight is 355 g/mol. The number of hydrogen-bond donors (Lipinski definition) is 1. The fourth-order valence-corrected chi connectivity index (χ4v) is 3.38. The van der Waals surface area contributed by atoms with Gasteiger partial charge >= 0.3 is 5.97 Å². The Balaban J connectivity index is 3.37. The van der Waals surface area contributed by atoms with E-state index in [0.717, 1.165) is 19.3 Å². The van der Waals surface area contributed by atoms with Crippen molar-refractivity contribution in [2.75, 3.05) is 0 Å². The molecule has 1 atom stereocenters. The van der Waals surface area contributed by atoms with Gasteiger partial charge < -0.3 is 5.11 Å². The molecule has 0 saturated carbocycles. The summed E-state index contributed by atoms with van der Waals surface area (Å²) in [5.74, 6) is -1.16. The Kier molecular flexibility index (Phi) is 17.3. The number of carbonyl (C=O) groups is 2. The first-order valence-corrected chi connectivity index (χ1v) is 10.9. The number of ketones is 1. The number of unbranched alkanes of at least 4 members (excludes halogenated alkanes) is 12. The van der Waals surface area contributed by atoms with Gasteiger partial charge in [-0.1, -0.05) is 97.3 Å². The number of aliphatic carboxylic acids is 1. The first-order chi connectivity index (χ1) is 12.1. The fraction of sp³-hybridized carbons (Fsp3) is 0.909. The summed E-state index contributed by atoms with van der Waals surface area (Å²) in [4.78, 5) is 22.9. The van der Waals surface area contributed by atoms with Gasteiger partial charge in [-0.05, 0) is 12.8 Å². The maximum Gasteiger partial charge on any atom is 0.306 e. The van der Waals surface area contributed by atoms with Gasteiger partial charge in [-0.15, -0.1) is 0 Å². The van der Waals surface area contributed by atoms with E-state index in [4.69, 9.17) is 5.11 Å². The third-order valence-corrected chi connectivity index (χ3v) is 5.02. The minimum absolute atomic E-state index is 0.129. The lowest BCUT2D eigenvalue weighted by atomic mass is 9.95. The Morgan fingerprint density at radius 3 is 1.52 bits per heavy atom. The SMILES string of the molecule is CCCCCCCCCCCCCCCC(=O)CC(CCC)C(=O)O. The summed E-state index contributed by atoms with van der Waals surface area (Å²) >= 11 is 0. The Bertz CT molecular complexity index is 325. The molecule has 3 nitrogen and oxygen atoms in total. The van der Waals surface area contributed by atoms with Gasteiger partial charge in [-0.25, -0.2) is 0 Å². The van der Waals surface area contributed by atoms with Crippen molar-refractivity contribution in [2.24, 2.45) is 5.92 Å². The van der Waals surface area contributed by atoms with Crippen molar-refractivity contribution in [1.29, 1.82) is 0 Å². The number of Topliss-reactive ketones (excluding diaryl/α,β-unsaturated/α-hetero) is 1. The molecule has 0 aromatic heterocycles. The monoisotopic (exact) mass is 354 g/mol. The van der Waals surface area contributed by atoms with Crippen molar-refractivity contribution in [2.45, 2.75) is 123 Å². The quantitative estimate of drug-likeness (QED) is 0.256. The van der Waals surface area contributed by atoms with E-state index in [2.05, 4.69) is 6.92 Å². The van der Waals surface area contributed by atoms with Gasteiger partial charge in [0.2, 0.25) is 0 Å². The zero-order valence-corrected chi connectivity index (χ0v) is 16.9. The second-order valence-electron chi connectivity index (χ2n) is 7.56. The topological polar surface area (TPSA) is 54.4 Å². The van der Waals surface area contributed by atoms with Crippen molar-refractivity contribution < 1.29 is 14.7 Å². The van der Waals surface area contributed by atoms with Gasteiger partial charge in [0.15, 0.2) is 0 Å². The van der Waals surface area contributed by atoms with Crippen molar-refractivity contribution in [1.82, 2.24) is 0 Å². The molecule has 148 valence electrons. The molecule has 0 rings (SSSR count). The van der Waals surface area contributed by atoms with Crippen LogP contribution < -0.4 is 0 Å². The van der Waals surface area contributed by atoms with E-state index in [1.807, 2.05) is 6.92 Å². The van der Waals surface area contributed by atoms with Crippen LogP contribution in [-0.2, 0) is 9.59 Å². The minimum Gasteiger partial charge on any atom is -0.481 e. The number of carboxylic acids is 1. The second kappa shape index (κ2) is 17.9. The highest BCUT2D eigenvalue weighted by atomic mass is 16.4. The lowest BCUT2D eigenvalue weighted by Gasteiger charge is -2.09. The van der Waals surface area contributed by atoms with Crippen LogP contribution in [0.1, 0.15) is 123 Å². The molecule has 1 unspecified atom stereocenters. The van der Waals surface area contributed by atoms with Gasteiger partial charge in [-0.2, -0.15) is 0 Å². The highest BCUT2D eigenvalue weighted by Gasteiger charge is 2.19. The van der Waals surface area contributed by atoms with E-state index in [0.29, 0.717) is 12.8 Å². The Labute approximate surface area is 156 Å². The molecule has 1 N–H and O–H groups in total. The molecule has 0 saturated heterocycles. The highest BCUT2D eigenvalue weighted by Crippen LogP contribution is 2.16. The molecule has 0 fully saturated rings. The summed E-state index contributed by atoms with van der Waals surface area (Å²) in [5.41, 5.74) is 0. The van der Waals surface area contributed by atoms with Crippen LogP contribution in [0.2, 0.25) is 0 Å². The fourth-order valence-electron chi connectivity index (χ4n) is 3.38. The van der Waals surface area contributed by atoms with E-state index in [1.54, 1.807) is 0 Å². The van der Waals surface area contributed by atoms with Crippen LogP contribution in [0.5, 0.6) is 0 Å². The van der Waals surface area contributed by atoms with Crippen molar-refractivity contribution in [3.8, 4) is 0 Å². The van der Waals surface area contributed by atoms with E-state index in [-0.39, 0.29) is 12.2 Å². The van der Waals surface area contributed by atoms with Crippen LogP contribution in [0.25, 0.3) is 0 Å². The smallest absolute Gasteiger partial charge is 0.306 e. The summed E-state index contributed by atoms with van der Waals surface area (Å²) in [5, 5.41) is 9.09. The molecule has 0 bridgehead atoms. The first kappa shape index (κ1) is 24.1. The number of carbonyl (C=O) groups excluding carboxylic acids is 1. The molecule has 0 aliphatic carbocycles. The normalized spacial score (nSPS) is 12.2. The Morgan fingerprint density at radius 2 is 1.12 bits per heavy atom. The lowest BCUT2D eigenvalue weighted by Crippen LogP contribution is -2.17. The third kappa shape index (κ3) is 16.4. The summed E-state index contributed by atoms with van der Waals surface area (Å²) < 4.78 is 0. The van der Waals surface area contributed by atoms with Crippen LogP contribution >= 0.6 is 0 Å². The standard InChI is InChI=1S/C22H42O3/c1-3-5-6-7-8-9-10-11-12-13-14-15-16-18-21(23)19-20(17-4-2)22(24)25/h20H,3-19H2,1-2H3,(H,24,25). The largest absolute Gasteiger partial charge is 0.481 e. The average Bonchev–Trinajstić information content (AvgIpc) is 2.58. The Hall–Kier alpha value is -0.860. The summed E-state index contributed by atoms with van der Waals surface area (Å²) in [6.07, 6.45) is 19.1. The minimum atomic E-state index is -0.819. The number of rotatable bonds is 19. The van der Waals surface area contributed by atoms with E-state index in [1.165, 1.54) is 70.6 Å². The van der Waals surface area contributed by atoms with E-state index < -0.39 is 11.9 Å². The molecule has 0 heterocycles. The van der Waals surface area contributed by atoms with Gasteiger partial charge in [0.25, 0.3) is 0 Å². The maximum atomic E-state index is 11.9. The maximum absolute atomic E-state index is 11.9. The summed E-state index contributed by atoms with van der Waals surface area (Å²) in [6.45, 7) is 4.22. The zero-order chi connectivity index (χ0) is 18.8. The van der Waals surface area contributed by atoms with Crippen molar-refractivity contribution in [3.63, 3.8) is 0 Å². The molecule has 0 radical (unpaired) electrons. The molecule has 0 spiro atoms. The molecular formula is C22H42O3. The third-order valence-electron chi connectivity index (χ3n) is 5.02. The Morgan fingerprint density at radius 1 is 0.680 bits per heavy atom. The van der Waals surface area contributed by atoms with Crippen LogP contribution in [0.4, 0.5) is 0 Å². The van der Waals surface area contributed by atoms with Crippen LogP contribution in [0.15, 0.2) is 0 Å². The molecule has 0 aliphatic heterocycles. The molecule has 0 aromatic rings. The summed E-state index contributed by atoms with van der Waals surface area (Å²) in [6, 6.07) is 0. The van der Waals surface area contributed by atoms with Crippen LogP contribution in [-0.4, -0.2) is 16.9 Å². The first-order valence-electron chi connectivity index (χ1n) is 10.9. The predicted octanol–water partition coefficient (Wildman–Crippen LogP) is 6.93. The van der Waals surface area contributed by atoms with Gasteiger partial charge in [0.05, 0.1) is 5.92 Å². The van der Waals surface area contributed by atoms with Gasteiger partial charge in [0, 0.05) is 12.8 Å². The molecule has 25 heavy (non-hydrogen) atoms. The second-order valence-corrected chi connectivity index (χ2v) is 7.56. The van der Waals surface area contributed by atoms with E-state index >= 15 is 0 Å².